The van der Waals surface area contributed by atoms with Gasteiger partial charge in [-0.25, -0.2) is 4.79 Å². The Hall–Kier alpha value is -3.68. The van der Waals surface area contributed by atoms with E-state index in [1.807, 2.05) is 36.4 Å². The van der Waals surface area contributed by atoms with Crippen molar-refractivity contribution in [3.8, 4) is 17.1 Å². The number of carbonyl (C=O) groups is 2. The van der Waals surface area contributed by atoms with E-state index in [1.165, 1.54) is 5.56 Å². The number of ether oxygens (including phenoxy) is 1. The summed E-state index contributed by atoms with van der Waals surface area (Å²) in [7, 11) is 1.56. The molecule has 1 atom stereocenters. The number of imide groups is 1. The molecular weight excluding hydrogens is 396 g/mol. The van der Waals surface area contributed by atoms with Crippen LogP contribution in [0.3, 0.4) is 0 Å². The maximum atomic E-state index is 13.2. The molecule has 1 aromatic heterocycles. The number of hydrogen-bond acceptors (Lipinski definition) is 6. The van der Waals surface area contributed by atoms with E-state index in [0.29, 0.717) is 17.1 Å². The van der Waals surface area contributed by atoms with Crippen LogP contribution in [-0.2, 0) is 23.3 Å². The fourth-order valence-corrected chi connectivity index (χ4v) is 3.72. The van der Waals surface area contributed by atoms with E-state index >= 15 is 0 Å². The van der Waals surface area contributed by atoms with Gasteiger partial charge in [0.25, 0.3) is 5.91 Å². The Kier molecular flexibility index (Phi) is 5.46. The van der Waals surface area contributed by atoms with Crippen molar-refractivity contribution in [2.24, 2.45) is 0 Å². The van der Waals surface area contributed by atoms with Crippen molar-refractivity contribution < 1.29 is 18.8 Å². The largest absolute Gasteiger partial charge is 0.496 e. The number of para-hydroxylation sites is 1. The number of amides is 3. The monoisotopic (exact) mass is 420 g/mol. The van der Waals surface area contributed by atoms with Gasteiger partial charge in [0.15, 0.2) is 0 Å². The summed E-state index contributed by atoms with van der Waals surface area (Å²) in [5.41, 5.74) is 1.44. The van der Waals surface area contributed by atoms with Gasteiger partial charge in [-0.05, 0) is 36.6 Å². The van der Waals surface area contributed by atoms with Crippen molar-refractivity contribution >= 4 is 11.9 Å². The Bertz CT molecular complexity index is 1110. The zero-order chi connectivity index (χ0) is 22.0. The summed E-state index contributed by atoms with van der Waals surface area (Å²) < 4.78 is 10.6. The first-order valence-corrected chi connectivity index (χ1v) is 10.2. The third kappa shape index (κ3) is 3.76. The molecule has 2 aromatic carbocycles. The maximum absolute atomic E-state index is 13.2. The minimum atomic E-state index is -1.15. The molecule has 3 aromatic rings. The predicted octanol–water partition coefficient (Wildman–Crippen LogP) is 3.66. The third-order valence-electron chi connectivity index (χ3n) is 5.45. The second-order valence-corrected chi connectivity index (χ2v) is 7.61. The smallest absolute Gasteiger partial charge is 0.325 e. The highest BCUT2D eigenvalue weighted by Gasteiger charge is 2.49. The quantitative estimate of drug-likeness (QED) is 0.586. The Labute approximate surface area is 180 Å². The van der Waals surface area contributed by atoms with Gasteiger partial charge < -0.3 is 14.6 Å². The Morgan fingerprint density at radius 1 is 1.13 bits per heavy atom. The summed E-state index contributed by atoms with van der Waals surface area (Å²) in [6.07, 6.45) is 2.01. The average Bonchev–Trinajstić information content (AvgIpc) is 3.33. The molecule has 2 heterocycles. The zero-order valence-electron chi connectivity index (χ0n) is 17.7. The summed E-state index contributed by atoms with van der Waals surface area (Å²) in [6.45, 7) is 3.71. The van der Waals surface area contributed by atoms with Crippen LogP contribution in [-0.4, -0.2) is 34.1 Å². The van der Waals surface area contributed by atoms with E-state index in [-0.39, 0.29) is 18.3 Å². The predicted molar refractivity (Wildman–Crippen MR) is 113 cm³/mol. The van der Waals surface area contributed by atoms with Crippen molar-refractivity contribution in [2.45, 2.75) is 38.8 Å². The van der Waals surface area contributed by atoms with Gasteiger partial charge in [-0.1, -0.05) is 54.9 Å². The fraction of sp³-hybridized carbons (Fsp3) is 0.304. The molecule has 0 bridgehead atoms. The first-order chi connectivity index (χ1) is 15.0. The van der Waals surface area contributed by atoms with Crippen molar-refractivity contribution in [1.29, 1.82) is 0 Å². The second kappa shape index (κ2) is 8.22. The van der Waals surface area contributed by atoms with Gasteiger partial charge in [0.1, 0.15) is 17.8 Å². The van der Waals surface area contributed by atoms with Crippen molar-refractivity contribution in [2.75, 3.05) is 7.11 Å². The number of aryl methyl sites for hydroxylation is 1. The first kappa shape index (κ1) is 20.6. The maximum Gasteiger partial charge on any atom is 0.325 e. The normalized spacial score (nSPS) is 18.4. The van der Waals surface area contributed by atoms with Crippen molar-refractivity contribution in [1.82, 2.24) is 20.4 Å². The van der Waals surface area contributed by atoms with Crippen LogP contribution in [0.4, 0.5) is 4.79 Å². The number of carbonyl (C=O) groups excluding carboxylic acids is 2. The molecule has 1 aliphatic heterocycles. The van der Waals surface area contributed by atoms with E-state index in [2.05, 4.69) is 22.4 Å². The summed E-state index contributed by atoms with van der Waals surface area (Å²) in [6, 6.07) is 14.5. The lowest BCUT2D eigenvalue weighted by molar-refractivity contribution is -0.131. The number of nitrogens with zero attached hydrogens (tertiary/aromatic N) is 3. The molecule has 1 fully saturated rings. The van der Waals surface area contributed by atoms with Crippen LogP contribution in [0.25, 0.3) is 11.4 Å². The molecule has 3 amide bonds. The number of nitrogens with one attached hydrogen (secondary N) is 1. The number of rotatable bonds is 7. The minimum Gasteiger partial charge on any atom is -0.496 e. The molecular formula is C23H24N4O4. The van der Waals surface area contributed by atoms with Crippen LogP contribution in [0.1, 0.15) is 37.3 Å². The van der Waals surface area contributed by atoms with Gasteiger partial charge in [0.2, 0.25) is 11.7 Å². The first-order valence-electron chi connectivity index (χ1n) is 10.2. The molecule has 0 saturated carbocycles. The van der Waals surface area contributed by atoms with Crippen LogP contribution < -0.4 is 10.1 Å². The molecule has 1 N–H and O–H groups in total. The summed E-state index contributed by atoms with van der Waals surface area (Å²) >= 11 is 0. The van der Waals surface area contributed by atoms with E-state index in [0.717, 1.165) is 23.3 Å². The number of hydrogen-bond donors (Lipinski definition) is 1. The number of urea groups is 1. The number of methoxy groups -OCH3 is 1. The molecule has 31 heavy (non-hydrogen) atoms. The average molecular weight is 420 g/mol. The summed E-state index contributed by atoms with van der Waals surface area (Å²) in [5, 5.41) is 6.78. The van der Waals surface area contributed by atoms with Crippen LogP contribution >= 0.6 is 0 Å². The molecule has 1 aliphatic rings. The lowest BCUT2D eigenvalue weighted by Crippen LogP contribution is -2.40. The zero-order valence-corrected chi connectivity index (χ0v) is 17.7. The van der Waals surface area contributed by atoms with E-state index in [1.54, 1.807) is 26.2 Å². The molecule has 1 saturated heterocycles. The van der Waals surface area contributed by atoms with Crippen LogP contribution in [0.15, 0.2) is 53.1 Å². The van der Waals surface area contributed by atoms with Crippen molar-refractivity contribution in [3.63, 3.8) is 0 Å². The van der Waals surface area contributed by atoms with Crippen LogP contribution in [0.5, 0.6) is 5.75 Å². The van der Waals surface area contributed by atoms with Gasteiger partial charge in [0, 0.05) is 0 Å². The van der Waals surface area contributed by atoms with Crippen molar-refractivity contribution in [3.05, 3.63) is 65.5 Å². The van der Waals surface area contributed by atoms with E-state index in [4.69, 9.17) is 9.26 Å². The van der Waals surface area contributed by atoms with E-state index in [9.17, 15) is 9.59 Å². The Balaban J connectivity index is 1.54. The third-order valence-corrected chi connectivity index (χ3v) is 5.45. The van der Waals surface area contributed by atoms with Gasteiger partial charge in [-0.15, -0.1) is 0 Å². The highest BCUT2D eigenvalue weighted by atomic mass is 16.5. The van der Waals surface area contributed by atoms with Gasteiger partial charge >= 0.3 is 6.03 Å². The molecule has 8 heteroatoms. The molecule has 1 unspecified atom stereocenters. The number of aromatic nitrogens is 2. The fourth-order valence-electron chi connectivity index (χ4n) is 3.72. The summed E-state index contributed by atoms with van der Waals surface area (Å²) in [5.74, 6) is 0.724. The highest BCUT2D eigenvalue weighted by Crippen LogP contribution is 2.31. The van der Waals surface area contributed by atoms with Crippen LogP contribution in [0.2, 0.25) is 0 Å². The van der Waals surface area contributed by atoms with Gasteiger partial charge in [-0.3, -0.25) is 9.69 Å². The molecule has 0 spiro atoms. The molecule has 0 radical (unpaired) electrons. The molecule has 4 rings (SSSR count). The molecule has 8 nitrogen and oxygen atoms in total. The van der Waals surface area contributed by atoms with Gasteiger partial charge in [0.05, 0.1) is 12.7 Å². The second-order valence-electron chi connectivity index (χ2n) is 7.61. The molecule has 0 aliphatic carbocycles. The topological polar surface area (TPSA) is 97.6 Å². The lowest BCUT2D eigenvalue weighted by Gasteiger charge is -2.22. The number of benzene rings is 2. The standard InChI is InChI=1S/C23H24N4O4/c1-4-7-15-10-12-16(13-11-15)23(2)21(28)27(22(29)25-23)14-19-24-20(26-31-19)17-8-5-6-9-18(17)30-3/h5-6,8-13H,4,7,14H2,1-3H3,(H,25,29). The SMILES string of the molecule is CCCc1ccc(C2(C)NC(=O)N(Cc3nc(-c4ccccc4OC)no3)C2=O)cc1. The van der Waals surface area contributed by atoms with E-state index < -0.39 is 11.6 Å². The minimum absolute atomic E-state index is 0.115. The summed E-state index contributed by atoms with van der Waals surface area (Å²) in [4.78, 5) is 31.2. The van der Waals surface area contributed by atoms with Gasteiger partial charge in [-0.2, -0.15) is 4.98 Å². The Morgan fingerprint density at radius 2 is 1.87 bits per heavy atom. The van der Waals surface area contributed by atoms with Crippen LogP contribution in [0, 0.1) is 0 Å². The lowest BCUT2D eigenvalue weighted by atomic mass is 9.91. The highest BCUT2D eigenvalue weighted by molar-refractivity contribution is 6.07. The Morgan fingerprint density at radius 3 is 2.58 bits per heavy atom. The molecule has 160 valence electrons.